The molecular weight excluding hydrogens is 352 g/mol. The van der Waals surface area contributed by atoms with Gasteiger partial charge in [-0.15, -0.1) is 0 Å². The van der Waals surface area contributed by atoms with Crippen molar-refractivity contribution in [2.45, 2.75) is 20.3 Å². The maximum atomic E-state index is 12.4. The van der Waals surface area contributed by atoms with E-state index in [4.69, 9.17) is 0 Å². The Bertz CT molecular complexity index is 958. The van der Waals surface area contributed by atoms with E-state index in [1.54, 1.807) is 35.0 Å². The van der Waals surface area contributed by atoms with E-state index < -0.39 is 0 Å². The molecule has 0 bridgehead atoms. The smallest absolute Gasteiger partial charge is 0.330 e. The number of nitrogens with one attached hydrogen (secondary N) is 2. The molecular formula is C22H26N4O2. The number of nitrogens with zero attached hydrogens (tertiary/aromatic N) is 2. The van der Waals surface area contributed by atoms with Gasteiger partial charge in [-0.1, -0.05) is 18.2 Å². The number of imidazole rings is 1. The van der Waals surface area contributed by atoms with Crippen LogP contribution in [0.15, 0.2) is 65.6 Å². The van der Waals surface area contributed by atoms with Crippen molar-refractivity contribution in [1.29, 1.82) is 0 Å². The molecule has 0 aliphatic heterocycles. The first kappa shape index (κ1) is 19.5. The molecule has 6 nitrogen and oxygen atoms in total. The van der Waals surface area contributed by atoms with Crippen molar-refractivity contribution in [3.05, 3.63) is 82.5 Å². The Labute approximate surface area is 164 Å². The predicted molar refractivity (Wildman–Crippen MR) is 112 cm³/mol. The Morgan fingerprint density at radius 1 is 1.11 bits per heavy atom. The maximum absolute atomic E-state index is 12.4. The van der Waals surface area contributed by atoms with Gasteiger partial charge in [0.1, 0.15) is 0 Å². The number of amides is 1. The Balaban J connectivity index is 1.52. The molecule has 2 aromatic carbocycles. The minimum atomic E-state index is -0.186. The average Bonchev–Trinajstić information content (AvgIpc) is 3.07. The van der Waals surface area contributed by atoms with Gasteiger partial charge in [0, 0.05) is 42.8 Å². The molecule has 28 heavy (non-hydrogen) atoms. The molecule has 0 unspecified atom stereocenters. The number of H-pyrrole nitrogens is 1. The molecule has 0 fully saturated rings. The largest absolute Gasteiger partial charge is 0.372 e. The van der Waals surface area contributed by atoms with Crippen molar-refractivity contribution in [3.8, 4) is 5.69 Å². The predicted octanol–water partition coefficient (Wildman–Crippen LogP) is 3.12. The van der Waals surface area contributed by atoms with Gasteiger partial charge in [0.25, 0.3) is 5.91 Å². The number of aromatic amines is 1. The van der Waals surface area contributed by atoms with Gasteiger partial charge in [0.2, 0.25) is 0 Å². The second-order valence-corrected chi connectivity index (χ2v) is 6.64. The van der Waals surface area contributed by atoms with Crippen LogP contribution in [-0.2, 0) is 0 Å². The molecule has 1 amide bonds. The second-order valence-electron chi connectivity index (χ2n) is 6.64. The molecule has 3 rings (SSSR count). The lowest BCUT2D eigenvalue weighted by Crippen LogP contribution is -2.30. The standard InChI is InChI=1S/C22H26N4O2/c1-3-25(19-8-5-4-6-9-19)15-7-14-23-21(27)18-10-12-20(13-11-18)26-17(2)16-24-22(26)28/h4-6,8-13,16H,3,7,14-15H2,1-2H3,(H,23,27)(H,24,28). The van der Waals surface area contributed by atoms with Crippen molar-refractivity contribution in [1.82, 2.24) is 14.9 Å². The fourth-order valence-corrected chi connectivity index (χ4v) is 3.22. The average molecular weight is 378 g/mol. The monoisotopic (exact) mass is 378 g/mol. The summed E-state index contributed by atoms with van der Waals surface area (Å²) >= 11 is 0. The minimum Gasteiger partial charge on any atom is -0.372 e. The Morgan fingerprint density at radius 3 is 2.43 bits per heavy atom. The molecule has 2 N–H and O–H groups in total. The molecule has 0 saturated heterocycles. The number of anilines is 1. The number of aromatic nitrogens is 2. The van der Waals surface area contributed by atoms with E-state index in [-0.39, 0.29) is 11.6 Å². The van der Waals surface area contributed by atoms with Gasteiger partial charge in [-0.3, -0.25) is 9.36 Å². The fraction of sp³-hybridized carbons (Fsp3) is 0.273. The highest BCUT2D eigenvalue weighted by atomic mass is 16.2. The molecule has 3 aromatic rings. The van der Waals surface area contributed by atoms with Crippen molar-refractivity contribution in [2.75, 3.05) is 24.5 Å². The van der Waals surface area contributed by atoms with Gasteiger partial charge in [-0.2, -0.15) is 0 Å². The van der Waals surface area contributed by atoms with Crippen LogP contribution in [0.2, 0.25) is 0 Å². The second kappa shape index (κ2) is 9.08. The third-order valence-electron chi connectivity index (χ3n) is 4.74. The zero-order valence-corrected chi connectivity index (χ0v) is 16.3. The highest BCUT2D eigenvalue weighted by Crippen LogP contribution is 2.13. The van der Waals surface area contributed by atoms with Gasteiger partial charge in [0.05, 0.1) is 5.69 Å². The summed E-state index contributed by atoms with van der Waals surface area (Å²) in [5, 5.41) is 2.97. The van der Waals surface area contributed by atoms with E-state index in [1.807, 2.05) is 25.1 Å². The van der Waals surface area contributed by atoms with Crippen LogP contribution in [0.3, 0.4) is 0 Å². The molecule has 1 heterocycles. The lowest BCUT2D eigenvalue weighted by Gasteiger charge is -2.23. The van der Waals surface area contributed by atoms with Crippen LogP contribution in [0.25, 0.3) is 5.69 Å². The van der Waals surface area contributed by atoms with Crippen LogP contribution in [-0.4, -0.2) is 35.1 Å². The summed E-state index contributed by atoms with van der Waals surface area (Å²) in [5.41, 5.74) is 3.15. The first-order valence-corrected chi connectivity index (χ1v) is 9.56. The number of carbonyl (C=O) groups excluding carboxylic acids is 1. The van der Waals surface area contributed by atoms with Gasteiger partial charge >= 0.3 is 5.69 Å². The van der Waals surface area contributed by atoms with E-state index in [1.165, 1.54) is 5.69 Å². The Morgan fingerprint density at radius 2 is 1.82 bits per heavy atom. The number of aryl methyl sites for hydroxylation is 1. The van der Waals surface area contributed by atoms with Crippen molar-refractivity contribution < 1.29 is 4.79 Å². The third-order valence-corrected chi connectivity index (χ3v) is 4.74. The van der Waals surface area contributed by atoms with Crippen LogP contribution < -0.4 is 15.9 Å². The number of hydrogen-bond acceptors (Lipinski definition) is 3. The Kier molecular flexibility index (Phi) is 6.32. The minimum absolute atomic E-state index is 0.104. The quantitative estimate of drug-likeness (QED) is 0.592. The summed E-state index contributed by atoms with van der Waals surface area (Å²) in [4.78, 5) is 29.1. The molecule has 0 spiro atoms. The number of benzene rings is 2. The molecule has 0 radical (unpaired) electrons. The summed E-state index contributed by atoms with van der Waals surface area (Å²) in [6.45, 7) is 6.41. The van der Waals surface area contributed by atoms with Crippen LogP contribution in [0.1, 0.15) is 29.4 Å². The van der Waals surface area contributed by atoms with Gasteiger partial charge in [-0.25, -0.2) is 4.79 Å². The third kappa shape index (κ3) is 4.52. The molecule has 1 aromatic heterocycles. The summed E-state index contributed by atoms with van der Waals surface area (Å²) in [5.74, 6) is -0.104. The molecule has 0 saturated carbocycles. The lowest BCUT2D eigenvalue weighted by molar-refractivity contribution is 0.0953. The molecule has 0 atom stereocenters. The summed E-state index contributed by atoms with van der Waals surface area (Å²) in [6, 6.07) is 17.3. The molecule has 0 aliphatic carbocycles. The summed E-state index contributed by atoms with van der Waals surface area (Å²) in [7, 11) is 0. The van der Waals surface area contributed by atoms with Gasteiger partial charge in [-0.05, 0) is 56.7 Å². The fourth-order valence-electron chi connectivity index (χ4n) is 3.22. The van der Waals surface area contributed by atoms with Gasteiger partial charge in [0.15, 0.2) is 0 Å². The first-order valence-electron chi connectivity index (χ1n) is 9.56. The zero-order chi connectivity index (χ0) is 19.9. The summed E-state index contributed by atoms with van der Waals surface area (Å²) < 4.78 is 1.57. The van der Waals surface area contributed by atoms with E-state index in [0.717, 1.165) is 30.9 Å². The maximum Gasteiger partial charge on any atom is 0.330 e. The van der Waals surface area contributed by atoms with Crippen molar-refractivity contribution >= 4 is 11.6 Å². The van der Waals surface area contributed by atoms with Gasteiger partial charge < -0.3 is 15.2 Å². The lowest BCUT2D eigenvalue weighted by atomic mass is 10.2. The molecule has 0 aliphatic rings. The van der Waals surface area contributed by atoms with Crippen molar-refractivity contribution in [2.24, 2.45) is 0 Å². The number of rotatable bonds is 8. The number of carbonyl (C=O) groups is 1. The highest BCUT2D eigenvalue weighted by molar-refractivity contribution is 5.94. The number of hydrogen-bond donors (Lipinski definition) is 2. The zero-order valence-electron chi connectivity index (χ0n) is 16.3. The first-order chi connectivity index (χ1) is 13.6. The summed E-state index contributed by atoms with van der Waals surface area (Å²) in [6.07, 6.45) is 2.53. The van der Waals surface area contributed by atoms with Crippen LogP contribution >= 0.6 is 0 Å². The SMILES string of the molecule is CCN(CCCNC(=O)c1ccc(-n2c(C)c[nH]c2=O)cc1)c1ccccc1. The van der Waals surface area contributed by atoms with E-state index >= 15 is 0 Å². The normalized spacial score (nSPS) is 10.6. The van der Waals surface area contributed by atoms with E-state index in [2.05, 4.69) is 34.3 Å². The van der Waals surface area contributed by atoms with Crippen LogP contribution in [0.4, 0.5) is 5.69 Å². The van der Waals surface area contributed by atoms with E-state index in [0.29, 0.717) is 12.1 Å². The van der Waals surface area contributed by atoms with Crippen molar-refractivity contribution in [3.63, 3.8) is 0 Å². The Hall–Kier alpha value is -3.28. The van der Waals surface area contributed by atoms with Crippen LogP contribution in [0.5, 0.6) is 0 Å². The van der Waals surface area contributed by atoms with E-state index in [9.17, 15) is 9.59 Å². The number of para-hydroxylation sites is 1. The van der Waals surface area contributed by atoms with Crippen LogP contribution in [0, 0.1) is 6.92 Å². The highest BCUT2D eigenvalue weighted by Gasteiger charge is 2.09. The molecule has 146 valence electrons. The molecule has 6 heteroatoms. The topological polar surface area (TPSA) is 70.1 Å².